The third-order valence-corrected chi connectivity index (χ3v) is 3.94. The maximum absolute atomic E-state index is 5.65. The van der Waals surface area contributed by atoms with E-state index >= 15 is 0 Å². The Hall–Kier alpha value is -0.840. The zero-order valence-corrected chi connectivity index (χ0v) is 12.4. The average molecular weight is 266 g/mol. The molecule has 4 heteroatoms. The van der Waals surface area contributed by atoms with Crippen LogP contribution in [0.4, 0.5) is 0 Å². The predicted molar refractivity (Wildman–Crippen MR) is 76.2 cm³/mol. The van der Waals surface area contributed by atoms with Gasteiger partial charge < -0.3 is 14.5 Å². The lowest BCUT2D eigenvalue weighted by Gasteiger charge is -2.39. The standard InChI is InChI=1S/C15H26N2O2/c1-13-4-5-14(19-13)10-17(2)11-15(12-18-3)6-8-16-9-7-15/h4-5,16H,6-12H2,1-3H3. The first kappa shape index (κ1) is 14.6. The Morgan fingerprint density at radius 3 is 2.68 bits per heavy atom. The Bertz CT molecular complexity index is 378. The molecule has 4 nitrogen and oxygen atoms in total. The first-order chi connectivity index (χ1) is 9.13. The minimum Gasteiger partial charge on any atom is -0.465 e. The molecule has 1 fully saturated rings. The van der Waals surface area contributed by atoms with Crippen LogP contribution in [0, 0.1) is 12.3 Å². The molecule has 1 aromatic heterocycles. The summed E-state index contributed by atoms with van der Waals surface area (Å²) in [7, 11) is 3.97. The van der Waals surface area contributed by atoms with Crippen LogP contribution in [0.3, 0.4) is 0 Å². The van der Waals surface area contributed by atoms with Crippen molar-refractivity contribution in [3.63, 3.8) is 0 Å². The quantitative estimate of drug-likeness (QED) is 0.855. The molecule has 0 unspecified atom stereocenters. The second-order valence-corrected chi connectivity index (χ2v) is 5.87. The Kier molecular flexibility index (Phi) is 5.02. The van der Waals surface area contributed by atoms with Gasteiger partial charge in [-0.05, 0) is 52.0 Å². The molecule has 0 saturated carbocycles. The average Bonchev–Trinajstić information content (AvgIpc) is 2.75. The van der Waals surface area contributed by atoms with E-state index in [1.165, 1.54) is 12.8 Å². The molecule has 1 aromatic rings. The van der Waals surface area contributed by atoms with Crippen LogP contribution in [0.25, 0.3) is 0 Å². The maximum Gasteiger partial charge on any atom is 0.118 e. The fraction of sp³-hybridized carbons (Fsp3) is 0.733. The molecule has 19 heavy (non-hydrogen) atoms. The Morgan fingerprint density at radius 2 is 2.11 bits per heavy atom. The van der Waals surface area contributed by atoms with Crippen molar-refractivity contribution in [3.8, 4) is 0 Å². The summed E-state index contributed by atoms with van der Waals surface area (Å²) in [5.74, 6) is 2.03. The second-order valence-electron chi connectivity index (χ2n) is 5.87. The Morgan fingerprint density at radius 1 is 1.37 bits per heavy atom. The summed E-state index contributed by atoms with van der Waals surface area (Å²) < 4.78 is 11.1. The summed E-state index contributed by atoms with van der Waals surface area (Å²) >= 11 is 0. The molecule has 0 aromatic carbocycles. The van der Waals surface area contributed by atoms with Gasteiger partial charge in [0.05, 0.1) is 13.2 Å². The van der Waals surface area contributed by atoms with Crippen molar-refractivity contribution in [2.24, 2.45) is 5.41 Å². The number of hydrogen-bond acceptors (Lipinski definition) is 4. The van der Waals surface area contributed by atoms with E-state index in [9.17, 15) is 0 Å². The highest BCUT2D eigenvalue weighted by atomic mass is 16.5. The molecule has 1 saturated heterocycles. The van der Waals surface area contributed by atoms with E-state index in [0.717, 1.165) is 44.3 Å². The summed E-state index contributed by atoms with van der Waals surface area (Å²) in [4.78, 5) is 2.35. The smallest absolute Gasteiger partial charge is 0.118 e. The van der Waals surface area contributed by atoms with E-state index < -0.39 is 0 Å². The van der Waals surface area contributed by atoms with Gasteiger partial charge in [-0.1, -0.05) is 0 Å². The number of nitrogens with one attached hydrogen (secondary N) is 1. The SMILES string of the molecule is COCC1(CN(C)Cc2ccc(C)o2)CCNCC1. The van der Waals surface area contributed by atoms with Gasteiger partial charge in [-0.15, -0.1) is 0 Å². The molecular formula is C15H26N2O2. The first-order valence-electron chi connectivity index (χ1n) is 7.07. The van der Waals surface area contributed by atoms with Gasteiger partial charge in [0.1, 0.15) is 11.5 Å². The molecule has 108 valence electrons. The highest BCUT2D eigenvalue weighted by molar-refractivity contribution is 5.05. The Balaban J connectivity index is 1.92. The third-order valence-electron chi connectivity index (χ3n) is 3.94. The number of hydrogen-bond donors (Lipinski definition) is 1. The highest BCUT2D eigenvalue weighted by Gasteiger charge is 2.33. The predicted octanol–water partition coefficient (Wildman–Crippen LogP) is 2.04. The maximum atomic E-state index is 5.65. The molecule has 0 atom stereocenters. The number of ether oxygens (including phenoxy) is 1. The minimum absolute atomic E-state index is 0.288. The van der Waals surface area contributed by atoms with Crippen molar-refractivity contribution in [2.75, 3.05) is 40.4 Å². The van der Waals surface area contributed by atoms with E-state index in [0.29, 0.717) is 0 Å². The molecular weight excluding hydrogens is 240 g/mol. The summed E-state index contributed by atoms with van der Waals surface area (Å²) in [6.45, 7) is 6.95. The number of rotatable bonds is 6. The summed E-state index contributed by atoms with van der Waals surface area (Å²) in [5.41, 5.74) is 0.288. The van der Waals surface area contributed by atoms with Crippen molar-refractivity contribution in [1.82, 2.24) is 10.2 Å². The minimum atomic E-state index is 0.288. The Labute approximate surface area is 116 Å². The van der Waals surface area contributed by atoms with Gasteiger partial charge in [-0.3, -0.25) is 4.90 Å². The van der Waals surface area contributed by atoms with Gasteiger partial charge in [0.15, 0.2) is 0 Å². The third kappa shape index (κ3) is 4.06. The molecule has 0 spiro atoms. The largest absolute Gasteiger partial charge is 0.465 e. The van der Waals surface area contributed by atoms with Crippen LogP contribution < -0.4 is 5.32 Å². The molecule has 1 N–H and O–H groups in total. The van der Waals surface area contributed by atoms with Crippen LogP contribution in [0.5, 0.6) is 0 Å². The zero-order chi connectivity index (χ0) is 13.7. The lowest BCUT2D eigenvalue weighted by atomic mass is 9.79. The number of nitrogens with zero attached hydrogens (tertiary/aromatic N) is 1. The first-order valence-corrected chi connectivity index (χ1v) is 7.07. The molecule has 0 radical (unpaired) electrons. The van der Waals surface area contributed by atoms with E-state index in [4.69, 9.17) is 9.15 Å². The normalized spacial score (nSPS) is 18.9. The fourth-order valence-electron chi connectivity index (χ4n) is 3.08. The molecule has 0 aliphatic carbocycles. The summed E-state index contributed by atoms with van der Waals surface area (Å²) in [6, 6.07) is 4.09. The monoisotopic (exact) mass is 266 g/mol. The number of piperidine rings is 1. The molecule has 2 heterocycles. The van der Waals surface area contributed by atoms with Crippen LogP contribution >= 0.6 is 0 Å². The fourth-order valence-corrected chi connectivity index (χ4v) is 3.08. The van der Waals surface area contributed by atoms with E-state index in [1.807, 2.05) is 13.0 Å². The summed E-state index contributed by atoms with van der Waals surface area (Å²) in [5, 5.41) is 3.43. The molecule has 1 aliphatic rings. The zero-order valence-electron chi connectivity index (χ0n) is 12.4. The topological polar surface area (TPSA) is 37.6 Å². The van der Waals surface area contributed by atoms with Gasteiger partial charge in [0.25, 0.3) is 0 Å². The van der Waals surface area contributed by atoms with Gasteiger partial charge in [0.2, 0.25) is 0 Å². The van der Waals surface area contributed by atoms with Crippen LogP contribution in [0.15, 0.2) is 16.5 Å². The van der Waals surface area contributed by atoms with E-state index in [-0.39, 0.29) is 5.41 Å². The summed E-state index contributed by atoms with van der Waals surface area (Å²) in [6.07, 6.45) is 2.37. The number of furan rings is 1. The van der Waals surface area contributed by atoms with Crippen molar-refractivity contribution in [2.45, 2.75) is 26.3 Å². The van der Waals surface area contributed by atoms with Crippen LogP contribution in [0.2, 0.25) is 0 Å². The molecule has 0 amide bonds. The molecule has 0 bridgehead atoms. The molecule has 1 aliphatic heterocycles. The van der Waals surface area contributed by atoms with Crippen molar-refractivity contribution in [3.05, 3.63) is 23.7 Å². The highest BCUT2D eigenvalue weighted by Crippen LogP contribution is 2.30. The number of methoxy groups -OCH3 is 1. The van der Waals surface area contributed by atoms with Crippen molar-refractivity contribution < 1.29 is 9.15 Å². The van der Waals surface area contributed by atoms with Crippen molar-refractivity contribution >= 4 is 0 Å². The van der Waals surface area contributed by atoms with Crippen LogP contribution in [-0.2, 0) is 11.3 Å². The number of aryl methyl sites for hydroxylation is 1. The van der Waals surface area contributed by atoms with Crippen LogP contribution in [0.1, 0.15) is 24.4 Å². The van der Waals surface area contributed by atoms with Crippen LogP contribution in [-0.4, -0.2) is 45.3 Å². The second kappa shape index (κ2) is 6.55. The van der Waals surface area contributed by atoms with Gasteiger partial charge in [-0.2, -0.15) is 0 Å². The lowest BCUT2D eigenvalue weighted by Crippen LogP contribution is -2.46. The van der Waals surface area contributed by atoms with Gasteiger partial charge in [-0.25, -0.2) is 0 Å². The van der Waals surface area contributed by atoms with E-state index in [1.54, 1.807) is 7.11 Å². The lowest BCUT2D eigenvalue weighted by molar-refractivity contribution is 0.0256. The van der Waals surface area contributed by atoms with E-state index in [2.05, 4.69) is 23.3 Å². The van der Waals surface area contributed by atoms with Gasteiger partial charge in [0, 0.05) is 19.1 Å². The van der Waals surface area contributed by atoms with Crippen molar-refractivity contribution in [1.29, 1.82) is 0 Å². The van der Waals surface area contributed by atoms with Gasteiger partial charge >= 0.3 is 0 Å². The molecule has 2 rings (SSSR count).